The molecule has 3 N–H and O–H groups in total. The molecule has 2 rings (SSSR count). The Morgan fingerprint density at radius 2 is 2.14 bits per heavy atom. The molecule has 1 heterocycles. The van der Waals surface area contributed by atoms with Gasteiger partial charge in [-0.3, -0.25) is 10.9 Å². The van der Waals surface area contributed by atoms with Crippen LogP contribution in [0.15, 0.2) is 35.7 Å². The van der Waals surface area contributed by atoms with Crippen molar-refractivity contribution < 1.29 is 4.79 Å². The summed E-state index contributed by atoms with van der Waals surface area (Å²) < 4.78 is 0. The number of halogens is 1. The van der Waals surface area contributed by atoms with E-state index in [-0.39, 0.29) is 12.1 Å². The maximum Gasteiger partial charge on any atom is 0.333 e. The third-order valence-electron chi connectivity index (χ3n) is 3.04. The van der Waals surface area contributed by atoms with Gasteiger partial charge >= 0.3 is 6.03 Å². The molecule has 2 aromatic rings. The number of urea groups is 1. The summed E-state index contributed by atoms with van der Waals surface area (Å²) in [6, 6.07) is 9.37. The Hall–Kier alpha value is -1.72. The van der Waals surface area contributed by atoms with Crippen molar-refractivity contribution in [2.24, 2.45) is 0 Å². The lowest BCUT2D eigenvalue weighted by Crippen LogP contribution is -2.44. The van der Waals surface area contributed by atoms with Crippen molar-refractivity contribution in [3.63, 3.8) is 0 Å². The monoisotopic (exact) mass is 323 g/mol. The summed E-state index contributed by atoms with van der Waals surface area (Å²) in [4.78, 5) is 13.1. The number of nitrogens with one attached hydrogen (secondary N) is 3. The number of benzene rings is 1. The quantitative estimate of drug-likeness (QED) is 0.729. The first kappa shape index (κ1) is 15.7. The van der Waals surface area contributed by atoms with Crippen molar-refractivity contribution in [2.75, 3.05) is 5.43 Å². The van der Waals surface area contributed by atoms with Crippen LogP contribution in [0.2, 0.25) is 5.02 Å². The van der Waals surface area contributed by atoms with E-state index in [1.807, 2.05) is 43.5 Å². The van der Waals surface area contributed by atoms with E-state index < -0.39 is 0 Å². The molecule has 1 aromatic carbocycles. The van der Waals surface area contributed by atoms with Gasteiger partial charge in [0.25, 0.3) is 0 Å². The summed E-state index contributed by atoms with van der Waals surface area (Å²) >= 11 is 7.72. The van der Waals surface area contributed by atoms with Crippen LogP contribution in [0.4, 0.5) is 10.5 Å². The first-order chi connectivity index (χ1) is 10.1. The molecule has 0 spiro atoms. The second kappa shape index (κ2) is 7.33. The highest BCUT2D eigenvalue weighted by atomic mass is 35.5. The molecule has 0 aliphatic carbocycles. The Morgan fingerprint density at radius 3 is 2.86 bits per heavy atom. The standard InChI is InChI=1S/C15H18ClN3OS/c1-10(9-12-5-4-8-21-12)17-15(20)19-18-14-7-3-6-13(16)11(14)2/h3-8,10,18H,9H2,1-2H3,(H2,17,19,20). The van der Waals surface area contributed by atoms with Gasteiger partial charge in [-0.2, -0.15) is 0 Å². The number of hydrazine groups is 1. The fourth-order valence-electron chi connectivity index (χ4n) is 1.91. The maximum absolute atomic E-state index is 11.8. The molecule has 6 heteroatoms. The number of hydrogen-bond acceptors (Lipinski definition) is 3. The molecule has 0 radical (unpaired) electrons. The number of carbonyl (C=O) groups is 1. The van der Waals surface area contributed by atoms with Gasteiger partial charge in [-0.15, -0.1) is 11.3 Å². The van der Waals surface area contributed by atoms with E-state index in [1.165, 1.54) is 4.88 Å². The maximum atomic E-state index is 11.8. The van der Waals surface area contributed by atoms with E-state index in [0.29, 0.717) is 5.02 Å². The third-order valence-corrected chi connectivity index (χ3v) is 4.35. The molecule has 0 aliphatic heterocycles. The zero-order chi connectivity index (χ0) is 15.2. The van der Waals surface area contributed by atoms with Gasteiger partial charge in [-0.05, 0) is 43.0 Å². The molecule has 4 nitrogen and oxygen atoms in total. The molecule has 0 aliphatic rings. The van der Waals surface area contributed by atoms with Crippen LogP contribution in [-0.2, 0) is 6.42 Å². The van der Waals surface area contributed by atoms with Gasteiger partial charge in [0.1, 0.15) is 0 Å². The zero-order valence-corrected chi connectivity index (χ0v) is 13.5. The Balaban J connectivity index is 1.80. The van der Waals surface area contributed by atoms with Crippen LogP contribution >= 0.6 is 22.9 Å². The van der Waals surface area contributed by atoms with Gasteiger partial charge in [0.05, 0.1) is 5.69 Å². The van der Waals surface area contributed by atoms with Crippen molar-refractivity contribution in [1.29, 1.82) is 0 Å². The van der Waals surface area contributed by atoms with Crippen LogP contribution in [0.25, 0.3) is 0 Å². The summed E-state index contributed by atoms with van der Waals surface area (Å²) in [6.45, 7) is 3.87. The first-order valence-electron chi connectivity index (χ1n) is 6.66. The minimum atomic E-state index is -0.265. The highest BCUT2D eigenvalue weighted by Gasteiger charge is 2.09. The van der Waals surface area contributed by atoms with Crippen molar-refractivity contribution in [3.8, 4) is 0 Å². The number of thiophene rings is 1. The second-order valence-corrected chi connectivity index (χ2v) is 6.26. The van der Waals surface area contributed by atoms with E-state index in [2.05, 4.69) is 22.2 Å². The lowest BCUT2D eigenvalue weighted by molar-refractivity contribution is 0.239. The average molecular weight is 324 g/mol. The first-order valence-corrected chi connectivity index (χ1v) is 7.92. The van der Waals surface area contributed by atoms with E-state index >= 15 is 0 Å². The predicted octanol–water partition coefficient (Wildman–Crippen LogP) is 3.97. The van der Waals surface area contributed by atoms with E-state index in [4.69, 9.17) is 11.6 Å². The van der Waals surface area contributed by atoms with Crippen molar-refractivity contribution in [3.05, 3.63) is 51.2 Å². The molecule has 0 saturated heterocycles. The molecule has 2 amide bonds. The van der Waals surface area contributed by atoms with Crippen LogP contribution in [0.3, 0.4) is 0 Å². The van der Waals surface area contributed by atoms with Crippen LogP contribution in [0.1, 0.15) is 17.4 Å². The number of hydrogen-bond donors (Lipinski definition) is 3. The molecular weight excluding hydrogens is 306 g/mol. The number of rotatable bonds is 5. The Kier molecular flexibility index (Phi) is 5.47. The number of anilines is 1. The second-order valence-electron chi connectivity index (χ2n) is 4.82. The van der Waals surface area contributed by atoms with E-state index in [0.717, 1.165) is 17.7 Å². The van der Waals surface area contributed by atoms with Crippen LogP contribution in [0.5, 0.6) is 0 Å². The number of carbonyl (C=O) groups excluding carboxylic acids is 1. The smallest absolute Gasteiger partial charge is 0.333 e. The molecular formula is C15H18ClN3OS. The van der Waals surface area contributed by atoms with Crippen molar-refractivity contribution in [2.45, 2.75) is 26.3 Å². The Morgan fingerprint density at radius 1 is 1.33 bits per heavy atom. The fourth-order valence-corrected chi connectivity index (χ4v) is 2.92. The van der Waals surface area contributed by atoms with Crippen LogP contribution < -0.4 is 16.2 Å². The summed E-state index contributed by atoms with van der Waals surface area (Å²) in [7, 11) is 0. The Labute approximate surface area is 133 Å². The molecule has 21 heavy (non-hydrogen) atoms. The average Bonchev–Trinajstić information content (AvgIpc) is 2.93. The number of amides is 2. The molecule has 1 unspecified atom stereocenters. The van der Waals surface area contributed by atoms with Crippen LogP contribution in [-0.4, -0.2) is 12.1 Å². The van der Waals surface area contributed by atoms with Crippen molar-refractivity contribution >= 4 is 34.7 Å². The van der Waals surface area contributed by atoms with Crippen LogP contribution in [0, 0.1) is 6.92 Å². The molecule has 0 fully saturated rings. The summed E-state index contributed by atoms with van der Waals surface area (Å²) in [5.74, 6) is 0. The molecule has 1 aromatic heterocycles. The Bertz CT molecular complexity index is 601. The lowest BCUT2D eigenvalue weighted by Gasteiger charge is -2.16. The summed E-state index contributed by atoms with van der Waals surface area (Å²) in [6.07, 6.45) is 0.821. The summed E-state index contributed by atoms with van der Waals surface area (Å²) in [5.41, 5.74) is 7.17. The van der Waals surface area contributed by atoms with Gasteiger partial charge in [-0.1, -0.05) is 23.7 Å². The minimum absolute atomic E-state index is 0.0610. The largest absolute Gasteiger partial charge is 0.334 e. The molecule has 1 atom stereocenters. The SMILES string of the molecule is Cc1c(Cl)cccc1NNC(=O)NC(C)Cc1cccs1. The minimum Gasteiger partial charge on any atom is -0.334 e. The molecule has 112 valence electrons. The lowest BCUT2D eigenvalue weighted by atomic mass is 10.2. The van der Waals surface area contributed by atoms with Gasteiger partial charge in [0.2, 0.25) is 0 Å². The summed E-state index contributed by atoms with van der Waals surface area (Å²) in [5, 5.41) is 5.58. The fraction of sp³-hybridized carbons (Fsp3) is 0.267. The topological polar surface area (TPSA) is 53.2 Å². The van der Waals surface area contributed by atoms with Gasteiger partial charge in [0, 0.05) is 22.4 Å². The van der Waals surface area contributed by atoms with Gasteiger partial charge in [0.15, 0.2) is 0 Å². The van der Waals surface area contributed by atoms with Gasteiger partial charge < -0.3 is 5.32 Å². The van der Waals surface area contributed by atoms with Crippen molar-refractivity contribution in [1.82, 2.24) is 10.7 Å². The normalized spacial score (nSPS) is 11.8. The predicted molar refractivity (Wildman–Crippen MR) is 89.0 cm³/mol. The van der Waals surface area contributed by atoms with E-state index in [9.17, 15) is 4.79 Å². The van der Waals surface area contributed by atoms with E-state index in [1.54, 1.807) is 11.3 Å². The molecule has 0 bridgehead atoms. The molecule has 0 saturated carbocycles. The zero-order valence-electron chi connectivity index (χ0n) is 11.9. The van der Waals surface area contributed by atoms with Gasteiger partial charge in [-0.25, -0.2) is 4.79 Å². The highest BCUT2D eigenvalue weighted by Crippen LogP contribution is 2.22. The highest BCUT2D eigenvalue weighted by molar-refractivity contribution is 7.09. The third kappa shape index (κ3) is 4.65.